The smallest absolute Gasteiger partial charge is 0.124 e. The lowest BCUT2D eigenvalue weighted by Gasteiger charge is -2.09. The van der Waals surface area contributed by atoms with Gasteiger partial charge in [0, 0.05) is 22.3 Å². The van der Waals surface area contributed by atoms with Gasteiger partial charge < -0.3 is 22.9 Å². The van der Waals surface area contributed by atoms with E-state index in [0.717, 1.165) is 59.0 Å². The largest absolute Gasteiger partial charge is 0.330 e. The fraction of sp³-hybridized carbons (Fsp3) is 0.312. The molecule has 0 spiro atoms. The second-order valence-corrected chi connectivity index (χ2v) is 12.1. The quantitative estimate of drug-likeness (QED) is 0.195. The fourth-order valence-electron chi connectivity index (χ4n) is 5.15. The lowest BCUT2D eigenvalue weighted by Crippen LogP contribution is -2.09. The van der Waals surface area contributed by atoms with E-state index >= 15 is 0 Å². The molecule has 2 heterocycles. The summed E-state index contributed by atoms with van der Waals surface area (Å²) in [5.74, 6) is 0.884. The third kappa shape index (κ3) is 6.89. The van der Waals surface area contributed by atoms with Gasteiger partial charge >= 0.3 is 0 Å². The molecule has 1 atom stereocenters. The molecule has 0 saturated heterocycles. The minimum atomic E-state index is 0.0669. The van der Waals surface area contributed by atoms with Crippen LogP contribution in [0, 0.1) is 0 Å². The highest BCUT2D eigenvalue weighted by molar-refractivity contribution is 8.00. The summed E-state index contributed by atoms with van der Waals surface area (Å²) in [4.78, 5) is 10.2. The van der Waals surface area contributed by atoms with Crippen molar-refractivity contribution in [2.45, 2.75) is 31.1 Å². The Labute approximate surface area is 245 Å². The first-order valence-corrected chi connectivity index (χ1v) is 15.8. The topological polar surface area (TPSA) is 129 Å². The van der Waals surface area contributed by atoms with Crippen LogP contribution in [0.15, 0.2) is 71.0 Å². The van der Waals surface area contributed by atoms with Crippen molar-refractivity contribution in [3.05, 3.63) is 99.4 Å². The molecule has 1 unspecified atom stereocenters. The van der Waals surface area contributed by atoms with Crippen LogP contribution in [0.4, 0.5) is 0 Å². The third-order valence-corrected chi connectivity index (χ3v) is 9.06. The molecule has 0 radical (unpaired) electrons. The first-order chi connectivity index (χ1) is 19.6. The molecular formula is C32H38N6S2. The Bertz CT molecular complexity index is 1430. The van der Waals surface area contributed by atoms with E-state index in [4.69, 9.17) is 32.9 Å². The van der Waals surface area contributed by atoms with Crippen molar-refractivity contribution in [2.75, 3.05) is 31.9 Å². The zero-order valence-electron chi connectivity index (χ0n) is 22.8. The van der Waals surface area contributed by atoms with Gasteiger partial charge in [-0.2, -0.15) is 0 Å². The maximum absolute atomic E-state index is 5.85. The molecule has 8 heteroatoms. The average Bonchev–Trinajstić information content (AvgIpc) is 3.65. The highest BCUT2D eigenvalue weighted by Gasteiger charge is 2.22. The van der Waals surface area contributed by atoms with E-state index in [1.807, 2.05) is 11.8 Å². The van der Waals surface area contributed by atoms with Crippen molar-refractivity contribution in [2.24, 2.45) is 27.9 Å². The van der Waals surface area contributed by atoms with Gasteiger partial charge in [-0.1, -0.05) is 30.3 Å². The van der Waals surface area contributed by atoms with E-state index in [1.165, 1.54) is 33.4 Å². The van der Waals surface area contributed by atoms with Gasteiger partial charge in [0.05, 0.1) is 11.4 Å². The van der Waals surface area contributed by atoms with Crippen molar-refractivity contribution in [1.29, 1.82) is 0 Å². The Hall–Kier alpha value is -2.85. The molecule has 3 aromatic carbocycles. The van der Waals surface area contributed by atoms with E-state index in [9.17, 15) is 0 Å². The number of benzene rings is 3. The molecule has 1 aliphatic heterocycles. The Morgan fingerprint density at radius 3 is 1.82 bits per heavy atom. The number of thioether (sulfide) groups is 1. The molecule has 0 amide bonds. The zero-order chi connectivity index (χ0) is 27.9. The van der Waals surface area contributed by atoms with Crippen LogP contribution in [0.3, 0.4) is 0 Å². The molecule has 8 N–H and O–H groups in total. The second-order valence-electron chi connectivity index (χ2n) is 10.1. The Balaban J connectivity index is 1.39. The SMILES string of the molecule is NCCc1cc(CCN)cc(C2=NC(c3cccc(-c4nc(-c5cc(CCN)cc(CCN)c5)cs4)c3)SC2)c1. The van der Waals surface area contributed by atoms with Gasteiger partial charge in [0.2, 0.25) is 0 Å². The van der Waals surface area contributed by atoms with Gasteiger partial charge in [-0.3, -0.25) is 4.99 Å². The predicted molar refractivity (Wildman–Crippen MR) is 172 cm³/mol. The molecule has 0 fully saturated rings. The molecule has 0 aliphatic carbocycles. The summed E-state index contributed by atoms with van der Waals surface area (Å²) in [5.41, 5.74) is 35.1. The zero-order valence-corrected chi connectivity index (χ0v) is 24.4. The standard InChI is InChI=1S/C32H38N6S2/c33-8-4-21-12-22(5-9-34)15-27(14-21)29-19-39-31(37-29)25-2-1-3-26(18-25)32-38-30(20-40-32)28-16-23(6-10-35)13-24(17-28)7-11-36/h1-3,12-19,32H,4-11,20,33-36H2. The van der Waals surface area contributed by atoms with Crippen LogP contribution in [0.2, 0.25) is 0 Å². The summed E-state index contributed by atoms with van der Waals surface area (Å²) in [7, 11) is 0. The van der Waals surface area contributed by atoms with Crippen LogP contribution in [0.25, 0.3) is 21.8 Å². The molecule has 208 valence electrons. The van der Waals surface area contributed by atoms with E-state index in [0.29, 0.717) is 26.2 Å². The van der Waals surface area contributed by atoms with Gasteiger partial charge in [-0.25, -0.2) is 4.98 Å². The molecule has 40 heavy (non-hydrogen) atoms. The van der Waals surface area contributed by atoms with Gasteiger partial charge in [-0.15, -0.1) is 23.1 Å². The fourth-order valence-corrected chi connectivity index (χ4v) is 7.07. The number of nitrogens with two attached hydrogens (primary N) is 4. The highest BCUT2D eigenvalue weighted by atomic mass is 32.2. The van der Waals surface area contributed by atoms with E-state index in [1.54, 1.807) is 11.3 Å². The number of thiazole rings is 1. The number of nitrogens with zero attached hydrogens (tertiary/aromatic N) is 2. The second kappa shape index (κ2) is 13.7. The third-order valence-electron chi connectivity index (χ3n) is 7.04. The molecular weight excluding hydrogens is 533 g/mol. The molecule has 6 nitrogen and oxygen atoms in total. The highest BCUT2D eigenvalue weighted by Crippen LogP contribution is 2.39. The van der Waals surface area contributed by atoms with Crippen molar-refractivity contribution >= 4 is 28.8 Å². The summed E-state index contributed by atoms with van der Waals surface area (Å²) in [6.07, 6.45) is 3.41. The maximum atomic E-state index is 5.85. The molecule has 0 bridgehead atoms. The predicted octanol–water partition coefficient (Wildman–Crippen LogP) is 4.72. The summed E-state index contributed by atoms with van der Waals surface area (Å²) in [6.45, 7) is 2.51. The number of hydrogen-bond acceptors (Lipinski definition) is 8. The first kappa shape index (κ1) is 28.7. The maximum Gasteiger partial charge on any atom is 0.124 e. The number of hydrogen-bond donors (Lipinski definition) is 4. The molecule has 0 saturated carbocycles. The van der Waals surface area contributed by atoms with Crippen molar-refractivity contribution in [1.82, 2.24) is 4.98 Å². The van der Waals surface area contributed by atoms with E-state index < -0.39 is 0 Å². The van der Waals surface area contributed by atoms with Gasteiger partial charge in [0.25, 0.3) is 0 Å². The Kier molecular flexibility index (Phi) is 9.80. The number of aromatic nitrogens is 1. The van der Waals surface area contributed by atoms with Crippen LogP contribution in [-0.2, 0) is 25.7 Å². The minimum absolute atomic E-state index is 0.0669. The van der Waals surface area contributed by atoms with Gasteiger partial charge in [0.1, 0.15) is 10.4 Å². The Morgan fingerprint density at radius 1 is 0.675 bits per heavy atom. The minimum Gasteiger partial charge on any atom is -0.330 e. The van der Waals surface area contributed by atoms with Crippen molar-refractivity contribution in [3.8, 4) is 21.8 Å². The lowest BCUT2D eigenvalue weighted by atomic mass is 9.99. The van der Waals surface area contributed by atoms with Gasteiger partial charge in [0.15, 0.2) is 0 Å². The lowest BCUT2D eigenvalue weighted by molar-refractivity contribution is 0.939. The summed E-state index contributed by atoms with van der Waals surface area (Å²) >= 11 is 3.54. The van der Waals surface area contributed by atoms with E-state index in [2.05, 4.69) is 66.0 Å². The van der Waals surface area contributed by atoms with Crippen LogP contribution in [-0.4, -0.2) is 42.6 Å². The first-order valence-electron chi connectivity index (χ1n) is 13.9. The van der Waals surface area contributed by atoms with Crippen LogP contribution in [0.5, 0.6) is 0 Å². The molecule has 4 aromatic rings. The van der Waals surface area contributed by atoms with Crippen LogP contribution in [0.1, 0.15) is 38.8 Å². The molecule has 5 rings (SSSR count). The van der Waals surface area contributed by atoms with Crippen molar-refractivity contribution < 1.29 is 0 Å². The summed E-state index contributed by atoms with van der Waals surface area (Å²) in [5, 5.41) is 3.22. The normalized spacial score (nSPS) is 15.0. The summed E-state index contributed by atoms with van der Waals surface area (Å²) < 4.78 is 0. The number of rotatable bonds is 12. The van der Waals surface area contributed by atoms with Crippen LogP contribution < -0.4 is 22.9 Å². The molecule has 1 aliphatic rings. The average molecular weight is 571 g/mol. The van der Waals surface area contributed by atoms with Crippen LogP contribution >= 0.6 is 23.1 Å². The monoisotopic (exact) mass is 570 g/mol. The number of aliphatic imine (C=N–C) groups is 1. The van der Waals surface area contributed by atoms with Gasteiger partial charge in [-0.05, 0) is 116 Å². The van der Waals surface area contributed by atoms with E-state index in [-0.39, 0.29) is 5.37 Å². The Morgan fingerprint density at radius 2 is 1.25 bits per heavy atom. The van der Waals surface area contributed by atoms with Crippen molar-refractivity contribution in [3.63, 3.8) is 0 Å². The molecule has 1 aromatic heterocycles. The summed E-state index contributed by atoms with van der Waals surface area (Å²) in [6, 6.07) is 22.0.